The van der Waals surface area contributed by atoms with Crippen molar-refractivity contribution >= 4 is 10.1 Å². The summed E-state index contributed by atoms with van der Waals surface area (Å²) in [5.74, 6) is 0. The van der Waals surface area contributed by atoms with Gasteiger partial charge in [0.25, 0.3) is 0 Å². The second-order valence-electron chi connectivity index (χ2n) is 1.86. The van der Waals surface area contributed by atoms with Crippen LogP contribution in [0.25, 0.3) is 0 Å². The molecule has 0 atom stereocenters. The van der Waals surface area contributed by atoms with E-state index in [-0.39, 0.29) is 58.1 Å². The predicted octanol–water partition coefficient (Wildman–Crippen LogP) is -11.1. The normalized spacial score (nSPS) is 6.00. The van der Waals surface area contributed by atoms with Crippen molar-refractivity contribution in [2.45, 2.75) is 0 Å². The van der Waals surface area contributed by atoms with E-state index in [0.717, 1.165) is 13.1 Å². The molecule has 0 aliphatic carbocycles. The molecule has 0 aromatic rings. The van der Waals surface area contributed by atoms with E-state index in [1.54, 1.807) is 0 Å². The third-order valence-electron chi connectivity index (χ3n) is 0.583. The van der Waals surface area contributed by atoms with Gasteiger partial charge in [-0.2, -0.15) is 0 Å². The molecule has 6 nitrogen and oxygen atoms in total. The largest absolute Gasteiger partial charge is 2.00 e. The first-order valence-corrected chi connectivity index (χ1v) is 4.13. The quantitative estimate of drug-likeness (QED) is 0.188. The molecule has 0 aliphatic heterocycles. The molecule has 15 heavy (non-hydrogen) atoms. The number of nitrogens with two attached hydrogens (primary N) is 4. The third-order valence-corrected chi connectivity index (χ3v) is 0.583. The zero-order chi connectivity index (χ0) is 10.2. The molecule has 9 heteroatoms. The van der Waals surface area contributed by atoms with E-state index >= 15 is 0 Å². The van der Waals surface area contributed by atoms with E-state index in [1.165, 1.54) is 0 Å². The van der Waals surface area contributed by atoms with E-state index in [2.05, 4.69) is 11.5 Å². The van der Waals surface area contributed by atoms with Crippen LogP contribution in [-0.2, 0) is 0 Å². The Morgan fingerprint density at radius 2 is 0.733 bits per heavy atom. The molecule has 0 aromatic carbocycles. The molecule has 0 unspecified atom stereocenters. The molecule has 0 bridgehead atoms. The first kappa shape index (κ1) is 36.0. The number of hydrogen-bond donors (Lipinski definition) is 6. The first-order valence-electron chi connectivity index (χ1n) is 4.13. The topological polar surface area (TPSA) is 159 Å². The number of rotatable bonds is 3. The van der Waals surface area contributed by atoms with Gasteiger partial charge >= 0.3 is 10.1 Å². The molecular formula is C6H26BeI2N6+2. The molecule has 0 fully saturated rings. The third kappa shape index (κ3) is 143. The Balaban J connectivity index is -0.0000000184. The van der Waals surface area contributed by atoms with Crippen LogP contribution in [0.15, 0.2) is 0 Å². The average molecular weight is 445 g/mol. The fourth-order valence-corrected chi connectivity index (χ4v) is 0. The Morgan fingerprint density at radius 1 is 0.600 bits per heavy atom. The van der Waals surface area contributed by atoms with Crippen LogP contribution in [0.5, 0.6) is 0 Å². The second kappa shape index (κ2) is 58.4. The number of quaternary nitrogens is 2. The SMILES string of the molecule is NCCN.NCCN.[Be+2].[I-].[I-].[NH3+]CC[NH3+]. The van der Waals surface area contributed by atoms with Gasteiger partial charge in [-0.3, -0.25) is 0 Å². The molecule has 0 heterocycles. The van der Waals surface area contributed by atoms with Crippen LogP contribution in [0.3, 0.4) is 0 Å². The van der Waals surface area contributed by atoms with Gasteiger partial charge in [0.2, 0.25) is 0 Å². The van der Waals surface area contributed by atoms with Gasteiger partial charge in [0, 0.05) is 26.2 Å². The minimum absolute atomic E-state index is 0. The van der Waals surface area contributed by atoms with Crippen molar-refractivity contribution < 1.29 is 59.4 Å². The van der Waals surface area contributed by atoms with Crippen molar-refractivity contribution in [3.8, 4) is 0 Å². The van der Waals surface area contributed by atoms with Crippen molar-refractivity contribution in [3.05, 3.63) is 0 Å². The molecule has 0 saturated heterocycles. The zero-order valence-corrected chi connectivity index (χ0v) is 13.7. The standard InChI is InChI=1S/3C2H8N2.Be.2HI/c3*3-1-2-4;;;/h3*1-4H2;;2*1H/q;;;+2;;. The van der Waals surface area contributed by atoms with Crippen molar-refractivity contribution in [2.24, 2.45) is 22.9 Å². The van der Waals surface area contributed by atoms with Crippen molar-refractivity contribution in [3.63, 3.8) is 0 Å². The molecule has 0 amide bonds. The fourth-order valence-electron chi connectivity index (χ4n) is 0. The van der Waals surface area contributed by atoms with E-state index in [9.17, 15) is 0 Å². The van der Waals surface area contributed by atoms with Crippen LogP contribution in [0.2, 0.25) is 0 Å². The molecule has 14 N–H and O–H groups in total. The Bertz CT molecular complexity index is 41.1. The minimum Gasteiger partial charge on any atom is -1.00 e. The van der Waals surface area contributed by atoms with Crippen LogP contribution in [-0.4, -0.2) is 49.4 Å². The Morgan fingerprint density at radius 3 is 0.733 bits per heavy atom. The summed E-state index contributed by atoms with van der Waals surface area (Å²) in [4.78, 5) is 0. The van der Waals surface area contributed by atoms with Crippen molar-refractivity contribution in [1.82, 2.24) is 0 Å². The van der Waals surface area contributed by atoms with Gasteiger partial charge in [-0.05, 0) is 0 Å². The molecule has 0 aromatic heterocycles. The van der Waals surface area contributed by atoms with E-state index in [1.807, 2.05) is 0 Å². The number of hydrogen-bond acceptors (Lipinski definition) is 4. The van der Waals surface area contributed by atoms with E-state index in [4.69, 9.17) is 22.9 Å². The van der Waals surface area contributed by atoms with Gasteiger partial charge in [0.1, 0.15) is 13.1 Å². The van der Waals surface area contributed by atoms with Crippen molar-refractivity contribution in [1.29, 1.82) is 0 Å². The maximum absolute atomic E-state index is 4.90. The molecular weight excluding hydrogens is 419 g/mol. The Kier molecular flexibility index (Phi) is 140. The molecule has 0 spiro atoms. The number of halogens is 2. The van der Waals surface area contributed by atoms with E-state index < -0.39 is 0 Å². The summed E-state index contributed by atoms with van der Waals surface area (Å²) in [5, 5.41) is 0. The monoisotopic (exact) mass is 445 g/mol. The van der Waals surface area contributed by atoms with Crippen LogP contribution in [0.1, 0.15) is 0 Å². The van der Waals surface area contributed by atoms with Gasteiger partial charge in [-0.25, -0.2) is 0 Å². The van der Waals surface area contributed by atoms with Gasteiger partial charge < -0.3 is 82.4 Å². The summed E-state index contributed by atoms with van der Waals surface area (Å²) in [7, 11) is 0. The summed E-state index contributed by atoms with van der Waals surface area (Å²) in [6, 6.07) is 0. The molecule has 0 radical (unpaired) electrons. The summed E-state index contributed by atoms with van der Waals surface area (Å²) in [6.07, 6.45) is 0. The second-order valence-corrected chi connectivity index (χ2v) is 1.86. The summed E-state index contributed by atoms with van der Waals surface area (Å²) in [5.41, 5.74) is 26.7. The molecule has 0 saturated carbocycles. The van der Waals surface area contributed by atoms with Crippen LogP contribution in [0, 0.1) is 0 Å². The summed E-state index contributed by atoms with van der Waals surface area (Å²) >= 11 is 0. The van der Waals surface area contributed by atoms with Crippen LogP contribution in [0.4, 0.5) is 0 Å². The zero-order valence-electron chi connectivity index (χ0n) is 9.43. The fraction of sp³-hybridized carbons (Fsp3) is 1.00. The van der Waals surface area contributed by atoms with Gasteiger partial charge in [0.05, 0.1) is 0 Å². The Labute approximate surface area is 131 Å². The average Bonchev–Trinajstić information content (AvgIpc) is 2.18. The minimum atomic E-state index is 0. The van der Waals surface area contributed by atoms with Gasteiger partial charge in [-0.15, -0.1) is 0 Å². The van der Waals surface area contributed by atoms with E-state index in [0.29, 0.717) is 26.2 Å². The summed E-state index contributed by atoms with van der Waals surface area (Å²) in [6.45, 7) is 4.31. The smallest absolute Gasteiger partial charge is 1.00 e. The van der Waals surface area contributed by atoms with Gasteiger partial charge in [0.15, 0.2) is 0 Å². The summed E-state index contributed by atoms with van der Waals surface area (Å²) < 4.78 is 0. The first-order chi connectivity index (χ1) is 5.74. The maximum Gasteiger partial charge on any atom is 2.00 e. The Hall–Kier alpha value is 1.39. The van der Waals surface area contributed by atoms with Crippen LogP contribution < -0.4 is 82.4 Å². The molecule has 0 rings (SSSR count). The van der Waals surface area contributed by atoms with Crippen molar-refractivity contribution in [2.75, 3.05) is 39.3 Å². The molecule has 94 valence electrons. The van der Waals surface area contributed by atoms with Gasteiger partial charge in [-0.1, -0.05) is 0 Å². The van der Waals surface area contributed by atoms with Crippen LogP contribution >= 0.6 is 0 Å². The maximum atomic E-state index is 4.90. The molecule has 0 aliphatic rings. The predicted molar refractivity (Wildman–Crippen MR) is 57.5 cm³/mol.